The van der Waals surface area contributed by atoms with Crippen molar-refractivity contribution < 1.29 is 18.3 Å². The first-order chi connectivity index (χ1) is 12.3. The molecular formula is C18H29N3O4S. The molecule has 0 unspecified atom stereocenters. The van der Waals surface area contributed by atoms with Gasteiger partial charge in [-0.05, 0) is 31.9 Å². The van der Waals surface area contributed by atoms with Gasteiger partial charge in [0.1, 0.15) is 0 Å². The second kappa shape index (κ2) is 9.34. The van der Waals surface area contributed by atoms with Crippen molar-refractivity contribution >= 4 is 21.7 Å². The van der Waals surface area contributed by atoms with E-state index in [1.54, 1.807) is 6.92 Å². The van der Waals surface area contributed by atoms with Gasteiger partial charge in [0.05, 0.1) is 12.3 Å². The first-order valence-electron chi connectivity index (χ1n) is 9.03. The molecule has 1 aliphatic rings. The zero-order valence-electron chi connectivity index (χ0n) is 15.5. The summed E-state index contributed by atoms with van der Waals surface area (Å²) in [4.78, 5) is 15.3. The smallest absolute Gasteiger partial charge is 0.317 e. The summed E-state index contributed by atoms with van der Waals surface area (Å²) in [5.74, 6) is -0.741. The maximum absolute atomic E-state index is 12.0. The van der Waals surface area contributed by atoms with Crippen LogP contribution in [0.1, 0.15) is 19.8 Å². The standard InChI is InChI=1S/C18H29N3O4S/c1-3-26(24,25)21-11-9-17(10-12-21)20(15-18(22)23)14-13-19(2)16-7-5-4-6-8-16/h4-8,17H,3,9-15H2,1-2H3,(H,22,23). The van der Waals surface area contributed by atoms with E-state index in [-0.39, 0.29) is 18.3 Å². The monoisotopic (exact) mass is 383 g/mol. The molecule has 0 aliphatic carbocycles. The number of hydrogen-bond donors (Lipinski definition) is 1. The highest BCUT2D eigenvalue weighted by Crippen LogP contribution is 2.20. The molecular weight excluding hydrogens is 354 g/mol. The molecule has 1 N–H and O–H groups in total. The van der Waals surface area contributed by atoms with Crippen molar-refractivity contribution in [3.8, 4) is 0 Å². The molecule has 1 saturated heterocycles. The van der Waals surface area contributed by atoms with Gasteiger partial charge in [-0.25, -0.2) is 12.7 Å². The summed E-state index contributed by atoms with van der Waals surface area (Å²) >= 11 is 0. The zero-order chi connectivity index (χ0) is 19.2. The van der Waals surface area contributed by atoms with E-state index in [0.29, 0.717) is 39.0 Å². The number of benzene rings is 1. The van der Waals surface area contributed by atoms with E-state index in [1.807, 2.05) is 42.3 Å². The van der Waals surface area contributed by atoms with Crippen LogP contribution >= 0.6 is 0 Å². The molecule has 1 heterocycles. The fourth-order valence-corrected chi connectivity index (χ4v) is 4.45. The van der Waals surface area contributed by atoms with Crippen LogP contribution in [0.3, 0.4) is 0 Å². The molecule has 146 valence electrons. The van der Waals surface area contributed by atoms with Crippen LogP contribution in [0.2, 0.25) is 0 Å². The summed E-state index contributed by atoms with van der Waals surface area (Å²) in [7, 11) is -1.17. The summed E-state index contributed by atoms with van der Waals surface area (Å²) in [5, 5.41) is 9.25. The Hall–Kier alpha value is -1.64. The fourth-order valence-electron chi connectivity index (χ4n) is 3.32. The third-order valence-corrected chi connectivity index (χ3v) is 6.84. The molecule has 0 bridgehead atoms. The number of carboxylic acids is 1. The number of piperidine rings is 1. The number of nitrogens with zero attached hydrogens (tertiary/aromatic N) is 3. The highest BCUT2D eigenvalue weighted by Gasteiger charge is 2.30. The lowest BCUT2D eigenvalue weighted by molar-refractivity contribution is -0.139. The van der Waals surface area contributed by atoms with Crippen LogP contribution in [0.15, 0.2) is 30.3 Å². The molecule has 2 rings (SSSR count). The number of anilines is 1. The zero-order valence-corrected chi connectivity index (χ0v) is 16.4. The quantitative estimate of drug-likeness (QED) is 0.693. The first kappa shape index (κ1) is 20.7. The Morgan fingerprint density at radius 2 is 1.81 bits per heavy atom. The van der Waals surface area contributed by atoms with Gasteiger partial charge in [0.25, 0.3) is 0 Å². The number of sulfonamides is 1. The summed E-state index contributed by atoms with van der Waals surface area (Å²) in [6.07, 6.45) is 1.34. The first-order valence-corrected chi connectivity index (χ1v) is 10.6. The largest absolute Gasteiger partial charge is 0.480 e. The molecule has 1 aromatic carbocycles. The number of aliphatic carboxylic acids is 1. The number of para-hydroxylation sites is 1. The second-order valence-electron chi connectivity index (χ2n) is 6.65. The molecule has 0 aromatic heterocycles. The minimum Gasteiger partial charge on any atom is -0.480 e. The van der Waals surface area contributed by atoms with Gasteiger partial charge in [-0.2, -0.15) is 0 Å². The minimum absolute atomic E-state index is 0.0200. The van der Waals surface area contributed by atoms with E-state index >= 15 is 0 Å². The van der Waals surface area contributed by atoms with Crippen molar-refractivity contribution in [2.45, 2.75) is 25.8 Å². The van der Waals surface area contributed by atoms with Crippen molar-refractivity contribution in [3.63, 3.8) is 0 Å². The molecule has 0 radical (unpaired) electrons. The average Bonchev–Trinajstić information content (AvgIpc) is 2.65. The minimum atomic E-state index is -3.16. The predicted molar refractivity (Wildman–Crippen MR) is 103 cm³/mol. The Balaban J connectivity index is 1.94. The van der Waals surface area contributed by atoms with Gasteiger partial charge in [0.15, 0.2) is 0 Å². The van der Waals surface area contributed by atoms with Gasteiger partial charge in [0, 0.05) is 45.0 Å². The highest BCUT2D eigenvalue weighted by molar-refractivity contribution is 7.89. The van der Waals surface area contributed by atoms with Gasteiger partial charge in [-0.1, -0.05) is 18.2 Å². The molecule has 7 nitrogen and oxygen atoms in total. The lowest BCUT2D eigenvalue weighted by Crippen LogP contribution is -2.50. The number of carboxylic acid groups (broad SMARTS) is 1. The number of carbonyl (C=O) groups is 1. The molecule has 1 fully saturated rings. The van der Waals surface area contributed by atoms with E-state index in [1.165, 1.54) is 4.31 Å². The third kappa shape index (κ3) is 5.69. The van der Waals surface area contributed by atoms with Crippen molar-refractivity contribution in [3.05, 3.63) is 30.3 Å². The lowest BCUT2D eigenvalue weighted by Gasteiger charge is -2.38. The summed E-state index contributed by atoms with van der Waals surface area (Å²) in [5.41, 5.74) is 1.09. The van der Waals surface area contributed by atoms with Crippen LogP contribution in [0.4, 0.5) is 5.69 Å². The van der Waals surface area contributed by atoms with Crippen LogP contribution < -0.4 is 4.90 Å². The second-order valence-corrected chi connectivity index (χ2v) is 8.91. The molecule has 26 heavy (non-hydrogen) atoms. The van der Waals surface area contributed by atoms with E-state index in [2.05, 4.69) is 4.90 Å². The Kier molecular flexibility index (Phi) is 7.43. The molecule has 0 amide bonds. The van der Waals surface area contributed by atoms with Gasteiger partial charge in [-0.3, -0.25) is 9.69 Å². The maximum Gasteiger partial charge on any atom is 0.317 e. The summed E-state index contributed by atoms with van der Waals surface area (Å²) < 4.78 is 25.5. The fraction of sp³-hybridized carbons (Fsp3) is 0.611. The molecule has 1 aromatic rings. The topological polar surface area (TPSA) is 81.2 Å². The lowest BCUT2D eigenvalue weighted by atomic mass is 10.0. The van der Waals surface area contributed by atoms with Crippen LogP contribution in [0, 0.1) is 0 Å². The highest BCUT2D eigenvalue weighted by atomic mass is 32.2. The van der Waals surface area contributed by atoms with E-state index in [9.17, 15) is 18.3 Å². The normalized spacial score (nSPS) is 16.7. The van der Waals surface area contributed by atoms with Crippen LogP contribution in [-0.2, 0) is 14.8 Å². The van der Waals surface area contributed by atoms with E-state index in [4.69, 9.17) is 0 Å². The van der Waals surface area contributed by atoms with Crippen molar-refractivity contribution in [1.29, 1.82) is 0 Å². The SMILES string of the molecule is CCS(=O)(=O)N1CCC(N(CCN(C)c2ccccc2)CC(=O)O)CC1. The van der Waals surface area contributed by atoms with Gasteiger partial charge >= 0.3 is 5.97 Å². The molecule has 0 spiro atoms. The Bertz CT molecular complexity index is 673. The van der Waals surface area contributed by atoms with E-state index < -0.39 is 16.0 Å². The number of hydrogen-bond acceptors (Lipinski definition) is 5. The van der Waals surface area contributed by atoms with Crippen LogP contribution in [-0.4, -0.2) is 80.3 Å². The van der Waals surface area contributed by atoms with Gasteiger partial charge < -0.3 is 10.0 Å². The molecule has 0 atom stereocenters. The van der Waals surface area contributed by atoms with Crippen molar-refractivity contribution in [1.82, 2.24) is 9.21 Å². The number of rotatable bonds is 9. The Morgan fingerprint density at radius 1 is 1.19 bits per heavy atom. The molecule has 0 saturated carbocycles. The third-order valence-electron chi connectivity index (χ3n) is 4.96. The summed E-state index contributed by atoms with van der Waals surface area (Å²) in [6, 6.07) is 10.1. The summed E-state index contributed by atoms with van der Waals surface area (Å²) in [6.45, 7) is 3.90. The van der Waals surface area contributed by atoms with Crippen LogP contribution in [0.5, 0.6) is 0 Å². The van der Waals surface area contributed by atoms with Crippen molar-refractivity contribution in [2.75, 3.05) is 50.4 Å². The van der Waals surface area contributed by atoms with E-state index in [0.717, 1.165) is 5.69 Å². The Morgan fingerprint density at radius 3 is 2.35 bits per heavy atom. The average molecular weight is 384 g/mol. The van der Waals surface area contributed by atoms with Gasteiger partial charge in [0.2, 0.25) is 10.0 Å². The predicted octanol–water partition coefficient (Wildman–Crippen LogP) is 1.32. The maximum atomic E-state index is 12.0. The Labute approximate surface area is 156 Å². The van der Waals surface area contributed by atoms with Gasteiger partial charge in [-0.15, -0.1) is 0 Å². The molecule has 1 aliphatic heterocycles. The van der Waals surface area contributed by atoms with Crippen molar-refractivity contribution in [2.24, 2.45) is 0 Å². The van der Waals surface area contributed by atoms with Crippen LogP contribution in [0.25, 0.3) is 0 Å². The molecule has 8 heteroatoms. The number of likely N-dealkylation sites (N-methyl/N-ethyl adjacent to an activating group) is 1.